The summed E-state index contributed by atoms with van der Waals surface area (Å²) in [5.41, 5.74) is 0.564. The van der Waals surface area contributed by atoms with Crippen molar-refractivity contribution in [2.24, 2.45) is 5.92 Å². The van der Waals surface area contributed by atoms with E-state index in [0.29, 0.717) is 22.2 Å². The second kappa shape index (κ2) is 8.92. The summed E-state index contributed by atoms with van der Waals surface area (Å²) in [4.78, 5) is 21.3. The number of hydrogen-bond acceptors (Lipinski definition) is 6. The van der Waals surface area contributed by atoms with Crippen LogP contribution in [0.3, 0.4) is 0 Å². The molecule has 0 spiro atoms. The molecule has 4 heterocycles. The summed E-state index contributed by atoms with van der Waals surface area (Å²) in [6.45, 7) is 3.97. The van der Waals surface area contributed by atoms with Gasteiger partial charge >= 0.3 is 17.8 Å². The molecule has 3 aromatic rings. The van der Waals surface area contributed by atoms with Gasteiger partial charge in [0.15, 0.2) is 5.65 Å². The highest BCUT2D eigenvalue weighted by Crippen LogP contribution is 2.48. The number of fused-ring (bicyclic) bond motifs is 3. The molecule has 3 aromatic heterocycles. The van der Waals surface area contributed by atoms with Gasteiger partial charge in [0.2, 0.25) is 5.95 Å². The maximum absolute atomic E-state index is 14.1. The zero-order chi connectivity index (χ0) is 27.6. The van der Waals surface area contributed by atoms with Gasteiger partial charge in [-0.05, 0) is 30.9 Å². The Morgan fingerprint density at radius 1 is 1.13 bits per heavy atom. The number of alkyl halides is 3. The summed E-state index contributed by atoms with van der Waals surface area (Å²) in [5, 5.41) is 3.93. The fourth-order valence-electron chi connectivity index (χ4n) is 5.65. The maximum Gasteiger partial charge on any atom is 0.479 e. The molecule has 13 heteroatoms. The number of halogens is 4. The van der Waals surface area contributed by atoms with Gasteiger partial charge in [-0.25, -0.2) is 27.7 Å². The summed E-state index contributed by atoms with van der Waals surface area (Å²) in [5.74, 6) is -2.95. The van der Waals surface area contributed by atoms with Crippen molar-refractivity contribution >= 4 is 27.1 Å². The predicted octanol–water partition coefficient (Wildman–Crippen LogP) is 3.42. The van der Waals surface area contributed by atoms with E-state index in [1.54, 1.807) is 12.3 Å². The summed E-state index contributed by atoms with van der Waals surface area (Å²) in [6.07, 6.45) is -1.31. The van der Waals surface area contributed by atoms with Gasteiger partial charge in [0.05, 0.1) is 23.1 Å². The van der Waals surface area contributed by atoms with E-state index in [1.165, 1.54) is 22.8 Å². The Bertz CT molecular complexity index is 1560. The lowest BCUT2D eigenvalue weighted by Crippen LogP contribution is -2.41. The molecule has 1 aliphatic heterocycles. The second-order valence-electron chi connectivity index (χ2n) is 10.6. The van der Waals surface area contributed by atoms with E-state index in [4.69, 9.17) is 0 Å². The molecule has 1 saturated heterocycles. The fourth-order valence-corrected chi connectivity index (χ4v) is 7.14. The second-order valence-corrected chi connectivity index (χ2v) is 12.9. The first kappa shape index (κ1) is 26.4. The number of rotatable bonds is 3. The Labute approximate surface area is 216 Å². The molecule has 0 bridgehead atoms. The van der Waals surface area contributed by atoms with Gasteiger partial charge in [-0.1, -0.05) is 19.9 Å². The van der Waals surface area contributed by atoms with E-state index in [1.807, 2.05) is 13.8 Å². The van der Waals surface area contributed by atoms with E-state index in [-0.39, 0.29) is 30.3 Å². The van der Waals surface area contributed by atoms with Crippen molar-refractivity contribution in [3.05, 3.63) is 59.1 Å². The van der Waals surface area contributed by atoms with Crippen LogP contribution in [0.25, 0.3) is 5.65 Å². The Kier molecular flexibility index (Phi) is 6.20. The van der Waals surface area contributed by atoms with Crippen LogP contribution < -0.4 is 0 Å². The molecule has 0 saturated carbocycles. The number of aromatic nitrogens is 4. The third-order valence-electron chi connectivity index (χ3n) is 7.48. The van der Waals surface area contributed by atoms with E-state index >= 15 is 0 Å². The first-order chi connectivity index (χ1) is 17.7. The van der Waals surface area contributed by atoms with Gasteiger partial charge in [-0.15, -0.1) is 5.10 Å². The highest BCUT2D eigenvalue weighted by atomic mass is 32.2. The van der Waals surface area contributed by atoms with Crippen LogP contribution in [0.2, 0.25) is 0 Å². The van der Waals surface area contributed by atoms with Crippen LogP contribution in [0.4, 0.5) is 17.6 Å². The minimum atomic E-state index is -4.87. The van der Waals surface area contributed by atoms with Crippen molar-refractivity contribution in [2.45, 2.75) is 50.6 Å². The summed E-state index contributed by atoms with van der Waals surface area (Å²) in [6, 6.07) is 4.01. The Morgan fingerprint density at radius 3 is 2.42 bits per heavy atom. The van der Waals surface area contributed by atoms with Crippen molar-refractivity contribution in [3.8, 4) is 0 Å². The van der Waals surface area contributed by atoms with Crippen LogP contribution in [0, 0.1) is 11.9 Å². The molecule has 38 heavy (non-hydrogen) atoms. The lowest BCUT2D eigenvalue weighted by atomic mass is 9.87. The zero-order valence-electron chi connectivity index (χ0n) is 21.0. The molecular weight excluding hydrogens is 526 g/mol. The zero-order valence-corrected chi connectivity index (χ0v) is 21.8. The summed E-state index contributed by atoms with van der Waals surface area (Å²) < 4.78 is 81.6. The molecule has 2 aliphatic rings. The average molecular weight is 553 g/mol. The largest absolute Gasteiger partial charge is 0.479 e. The molecule has 1 fully saturated rings. The van der Waals surface area contributed by atoms with Gasteiger partial charge in [0.1, 0.15) is 22.6 Å². The van der Waals surface area contributed by atoms with Crippen LogP contribution in [-0.2, 0) is 20.0 Å². The van der Waals surface area contributed by atoms with Crippen molar-refractivity contribution in [3.63, 3.8) is 0 Å². The number of nitrogens with zero attached hydrogens (tertiary/aromatic N) is 5. The van der Waals surface area contributed by atoms with E-state index in [2.05, 4.69) is 15.1 Å². The van der Waals surface area contributed by atoms with Gasteiger partial charge < -0.3 is 0 Å². The van der Waals surface area contributed by atoms with Crippen LogP contribution >= 0.6 is 0 Å². The molecular formula is C25H26F4N5O3S+. The summed E-state index contributed by atoms with van der Waals surface area (Å²) >= 11 is 0. The fraction of sp³-hybridized carbons (Fsp3) is 0.480. The number of pyridine rings is 1. The van der Waals surface area contributed by atoms with E-state index in [9.17, 15) is 30.8 Å². The predicted molar refractivity (Wildman–Crippen MR) is 129 cm³/mol. The number of amides is 1. The molecule has 1 atom stereocenters. The number of carbonyl (C=O) groups excluding carboxylic acids is 1. The first-order valence-corrected chi connectivity index (χ1v) is 13.9. The van der Waals surface area contributed by atoms with Gasteiger partial charge in [-0.2, -0.15) is 22.1 Å². The highest BCUT2D eigenvalue weighted by Gasteiger charge is 2.48. The normalized spacial score (nSPS) is 21.8. The minimum Gasteiger partial charge on any atom is -0.250 e. The molecule has 5 rings (SSSR count). The quantitative estimate of drug-likeness (QED) is 0.281. The van der Waals surface area contributed by atoms with Crippen molar-refractivity contribution in [1.29, 1.82) is 0 Å². The number of hydrogen-bond donors (Lipinski definition) is 0. The van der Waals surface area contributed by atoms with Gasteiger partial charge in [-0.3, -0.25) is 0 Å². The monoisotopic (exact) mass is 552 g/mol. The third-order valence-corrected chi connectivity index (χ3v) is 9.20. The van der Waals surface area contributed by atoms with Crippen LogP contribution in [0.5, 0.6) is 0 Å². The number of carbonyl (C=O) groups is 1. The van der Waals surface area contributed by atoms with Crippen LogP contribution in [0.1, 0.15) is 61.5 Å². The van der Waals surface area contributed by atoms with Crippen LogP contribution in [0.15, 0.2) is 30.6 Å². The highest BCUT2D eigenvalue weighted by molar-refractivity contribution is 7.91. The average Bonchev–Trinajstić information content (AvgIpc) is 3.33. The molecule has 0 aromatic carbocycles. The lowest BCUT2D eigenvalue weighted by molar-refractivity contribution is -0.431. The van der Waals surface area contributed by atoms with Gasteiger partial charge in [0.25, 0.3) is 0 Å². The molecule has 202 valence electrons. The number of sulfone groups is 1. The van der Waals surface area contributed by atoms with Crippen molar-refractivity contribution in [1.82, 2.24) is 19.6 Å². The van der Waals surface area contributed by atoms with Crippen molar-refractivity contribution in [2.75, 3.05) is 18.6 Å². The van der Waals surface area contributed by atoms with E-state index in [0.717, 1.165) is 18.3 Å². The van der Waals surface area contributed by atoms with Gasteiger partial charge in [0, 0.05) is 35.4 Å². The molecule has 0 radical (unpaired) electrons. The molecule has 1 aliphatic carbocycles. The molecule has 0 N–H and O–H groups in total. The smallest absolute Gasteiger partial charge is 0.250 e. The van der Waals surface area contributed by atoms with E-state index < -0.39 is 50.6 Å². The minimum absolute atomic E-state index is 0.0126. The molecule has 0 unspecified atom stereocenters. The third kappa shape index (κ3) is 4.61. The Balaban J connectivity index is 1.49. The topological polar surface area (TPSA) is 97.3 Å². The van der Waals surface area contributed by atoms with Crippen LogP contribution in [-0.4, -0.2) is 68.9 Å². The maximum atomic E-state index is 14.1. The standard InChI is InChI=1S/C25H26F4N5O3S/c1-24(2)11-16(17-13-31-20-10-19(26)32-34(20)21(17)24)15-4-5-18(30-12-15)22(25(27,28)29)33(3)23(35)14-6-8-38(36,37)9-7-14/h4-5,10,12-14,16H,6-9,11H2,1-3H3/q+1/t16-/m1/s1. The Hall–Kier alpha value is -3.22. The molecule has 1 amide bonds. The Morgan fingerprint density at radius 2 is 1.82 bits per heavy atom. The summed E-state index contributed by atoms with van der Waals surface area (Å²) in [7, 11) is -2.23. The SMILES string of the molecule is C[N+](C(=O)C1CCS(=O)(=O)CC1)=C(c1ccc([C@H]2CC(C)(C)c3c2cnc2cc(F)nn32)cn1)C(F)(F)F. The molecule has 8 nitrogen and oxygen atoms in total. The lowest BCUT2D eigenvalue weighted by Gasteiger charge is -2.19. The first-order valence-electron chi connectivity index (χ1n) is 12.1. The van der Waals surface area contributed by atoms with Crippen molar-refractivity contribution < 1.29 is 35.3 Å².